The first-order valence-electron chi connectivity index (χ1n) is 9.32. The van der Waals surface area contributed by atoms with Crippen LogP contribution < -0.4 is 0 Å². The Balaban J connectivity index is 0.000000381. The smallest absolute Gasteiger partial charge is 0.293 e. The van der Waals surface area contributed by atoms with E-state index in [4.69, 9.17) is 9.47 Å². The van der Waals surface area contributed by atoms with Gasteiger partial charge in [-0.3, -0.25) is 4.79 Å². The maximum Gasteiger partial charge on any atom is 0.293 e. The lowest BCUT2D eigenvalue weighted by Crippen LogP contribution is -2.48. The van der Waals surface area contributed by atoms with Crippen LogP contribution in [0, 0.1) is 11.8 Å². The Morgan fingerprint density at radius 2 is 1.80 bits per heavy atom. The van der Waals surface area contributed by atoms with Crippen LogP contribution in [0.25, 0.3) is 0 Å². The molecule has 7 atom stereocenters. The van der Waals surface area contributed by atoms with Crippen molar-refractivity contribution in [3.05, 3.63) is 0 Å². The number of aliphatic hydroxyl groups excluding tert-OH is 2. The van der Waals surface area contributed by atoms with Crippen molar-refractivity contribution in [2.45, 2.75) is 104 Å². The summed E-state index contributed by atoms with van der Waals surface area (Å²) >= 11 is 0. The van der Waals surface area contributed by atoms with Gasteiger partial charge in [-0.25, -0.2) is 0 Å². The minimum atomic E-state index is -0.724. The summed E-state index contributed by atoms with van der Waals surface area (Å²) in [4.78, 5) is 9.60. The molecule has 3 unspecified atom stereocenters. The van der Waals surface area contributed by atoms with Crippen LogP contribution in [-0.2, 0) is 19.0 Å². The summed E-state index contributed by atoms with van der Waals surface area (Å²) in [6, 6.07) is 0. The fraction of sp³-hybridized carbons (Fsp3) is 0.947. The molecule has 0 bridgehead atoms. The summed E-state index contributed by atoms with van der Waals surface area (Å²) in [5.41, 5.74) is -0.318. The molecule has 6 nitrogen and oxygen atoms in total. The minimum absolute atomic E-state index is 0.0971. The van der Waals surface area contributed by atoms with E-state index in [1.165, 1.54) is 12.8 Å². The van der Waals surface area contributed by atoms with Crippen molar-refractivity contribution in [2.24, 2.45) is 11.8 Å². The Hall–Kier alpha value is -0.690. The second kappa shape index (κ2) is 9.86. The minimum Gasteiger partial charge on any atom is -0.462 e. The molecule has 2 aliphatic rings. The zero-order valence-corrected chi connectivity index (χ0v) is 16.5. The number of rotatable bonds is 6. The first-order chi connectivity index (χ1) is 11.5. The first-order valence-corrected chi connectivity index (χ1v) is 9.32. The van der Waals surface area contributed by atoms with Gasteiger partial charge in [0.05, 0.1) is 18.3 Å². The topological polar surface area (TPSA) is 85.2 Å². The molecular formula is C19H36O6. The van der Waals surface area contributed by atoms with Crippen LogP contribution in [0.15, 0.2) is 0 Å². The van der Waals surface area contributed by atoms with E-state index < -0.39 is 18.5 Å². The first kappa shape index (κ1) is 22.4. The average molecular weight is 360 g/mol. The lowest BCUT2D eigenvalue weighted by atomic mass is 10.0. The predicted molar refractivity (Wildman–Crippen MR) is 94.9 cm³/mol. The van der Waals surface area contributed by atoms with Crippen molar-refractivity contribution < 1.29 is 29.2 Å². The standard InChI is InChI=1S/C14H26O4.C5H10O2/c1-8-6-11(8)5-4-9(2)17-14-13(16)7-12(15)10(3)18-14;1-5(2,3)7-4-6/h8-16H,4-7H2,1-3H3;4H,1-3H3/t8?,9-,10+,11-,12?,13-,14?;/m1./s1. The van der Waals surface area contributed by atoms with E-state index in [0.29, 0.717) is 12.9 Å². The van der Waals surface area contributed by atoms with Gasteiger partial charge in [-0.15, -0.1) is 0 Å². The molecule has 0 radical (unpaired) electrons. The molecule has 0 amide bonds. The molecule has 0 spiro atoms. The summed E-state index contributed by atoms with van der Waals surface area (Å²) in [6.45, 7) is 12.0. The van der Waals surface area contributed by atoms with E-state index in [0.717, 1.165) is 18.3 Å². The van der Waals surface area contributed by atoms with Gasteiger partial charge in [0.15, 0.2) is 6.29 Å². The third-order valence-electron chi connectivity index (χ3n) is 4.68. The van der Waals surface area contributed by atoms with E-state index in [-0.39, 0.29) is 17.8 Å². The quantitative estimate of drug-likeness (QED) is 0.708. The van der Waals surface area contributed by atoms with Gasteiger partial charge in [0, 0.05) is 6.42 Å². The Kier molecular flexibility index (Phi) is 8.81. The number of carbonyl (C=O) groups is 1. The second-order valence-electron chi connectivity index (χ2n) is 8.40. The number of hydrogen-bond donors (Lipinski definition) is 2. The zero-order valence-electron chi connectivity index (χ0n) is 16.5. The van der Waals surface area contributed by atoms with Gasteiger partial charge in [0.25, 0.3) is 6.47 Å². The van der Waals surface area contributed by atoms with Crippen molar-refractivity contribution in [3.63, 3.8) is 0 Å². The molecule has 148 valence electrons. The van der Waals surface area contributed by atoms with Gasteiger partial charge < -0.3 is 24.4 Å². The average Bonchev–Trinajstić information content (AvgIpc) is 3.18. The third kappa shape index (κ3) is 8.99. The summed E-state index contributed by atoms with van der Waals surface area (Å²) < 4.78 is 15.8. The lowest BCUT2D eigenvalue weighted by molar-refractivity contribution is -0.273. The highest BCUT2D eigenvalue weighted by atomic mass is 16.7. The summed E-state index contributed by atoms with van der Waals surface area (Å²) in [7, 11) is 0. The molecule has 0 aromatic carbocycles. The Bertz CT molecular complexity index is 394. The maximum absolute atomic E-state index is 9.83. The molecule has 0 aromatic rings. The fourth-order valence-corrected chi connectivity index (χ4v) is 2.76. The van der Waals surface area contributed by atoms with Crippen molar-refractivity contribution in [2.75, 3.05) is 0 Å². The van der Waals surface area contributed by atoms with Gasteiger partial charge in [-0.2, -0.15) is 0 Å². The number of carbonyl (C=O) groups excluding carboxylic acids is 1. The van der Waals surface area contributed by atoms with Gasteiger partial charge in [0.1, 0.15) is 11.7 Å². The number of aliphatic hydroxyl groups is 2. The van der Waals surface area contributed by atoms with Crippen LogP contribution in [0.5, 0.6) is 0 Å². The van der Waals surface area contributed by atoms with Crippen LogP contribution in [-0.4, -0.2) is 53.0 Å². The normalized spacial score (nSPS) is 36.0. The van der Waals surface area contributed by atoms with E-state index in [1.54, 1.807) is 0 Å². The Labute approximate surface area is 151 Å². The van der Waals surface area contributed by atoms with Gasteiger partial charge in [0.2, 0.25) is 0 Å². The van der Waals surface area contributed by atoms with Crippen LogP contribution in [0.3, 0.4) is 0 Å². The second-order valence-corrected chi connectivity index (χ2v) is 8.40. The van der Waals surface area contributed by atoms with Crippen molar-refractivity contribution in [3.8, 4) is 0 Å². The maximum atomic E-state index is 9.83. The molecule has 25 heavy (non-hydrogen) atoms. The molecule has 1 heterocycles. The monoisotopic (exact) mass is 360 g/mol. The molecule has 1 aliphatic heterocycles. The van der Waals surface area contributed by atoms with Crippen LogP contribution >= 0.6 is 0 Å². The van der Waals surface area contributed by atoms with Gasteiger partial charge in [-0.1, -0.05) is 6.92 Å². The summed E-state index contributed by atoms with van der Waals surface area (Å²) in [5.74, 6) is 1.75. The molecule has 0 aromatic heterocycles. The van der Waals surface area contributed by atoms with Crippen molar-refractivity contribution in [1.82, 2.24) is 0 Å². The van der Waals surface area contributed by atoms with E-state index in [2.05, 4.69) is 11.7 Å². The lowest BCUT2D eigenvalue weighted by Gasteiger charge is -2.36. The SMILES string of the molecule is CC(C)(C)OC=O.CC1C[C@H]1CC[C@@H](C)OC1O[C@@H](C)C(O)C[C@H]1O. The van der Waals surface area contributed by atoms with E-state index >= 15 is 0 Å². The highest BCUT2D eigenvalue weighted by Crippen LogP contribution is 2.41. The largest absolute Gasteiger partial charge is 0.462 e. The molecule has 1 saturated heterocycles. The zero-order chi connectivity index (χ0) is 19.2. The predicted octanol–water partition coefficient (Wildman–Crippen LogP) is 2.64. The third-order valence-corrected chi connectivity index (χ3v) is 4.68. The molecule has 2 fully saturated rings. The highest BCUT2D eigenvalue weighted by molar-refractivity contribution is 5.37. The highest BCUT2D eigenvalue weighted by Gasteiger charge is 2.36. The fourth-order valence-electron chi connectivity index (χ4n) is 2.76. The van der Waals surface area contributed by atoms with Crippen LogP contribution in [0.1, 0.15) is 67.2 Å². The Morgan fingerprint density at radius 3 is 2.24 bits per heavy atom. The molecule has 2 N–H and O–H groups in total. The van der Waals surface area contributed by atoms with Crippen LogP contribution in [0.4, 0.5) is 0 Å². The molecule has 1 aliphatic carbocycles. The van der Waals surface area contributed by atoms with E-state index in [1.807, 2.05) is 34.6 Å². The van der Waals surface area contributed by atoms with Gasteiger partial charge >= 0.3 is 0 Å². The molecular weight excluding hydrogens is 324 g/mol. The number of hydrogen-bond acceptors (Lipinski definition) is 6. The summed E-state index contributed by atoms with van der Waals surface area (Å²) in [6.07, 6.45) is 1.81. The Morgan fingerprint density at radius 1 is 1.20 bits per heavy atom. The summed E-state index contributed by atoms with van der Waals surface area (Å²) in [5, 5.41) is 19.4. The van der Waals surface area contributed by atoms with Gasteiger partial charge in [-0.05, 0) is 65.7 Å². The van der Waals surface area contributed by atoms with Crippen LogP contribution in [0.2, 0.25) is 0 Å². The molecule has 2 rings (SSSR count). The molecule has 6 heteroatoms. The number of ether oxygens (including phenoxy) is 3. The van der Waals surface area contributed by atoms with E-state index in [9.17, 15) is 15.0 Å². The van der Waals surface area contributed by atoms with Crippen molar-refractivity contribution in [1.29, 1.82) is 0 Å². The molecule has 1 saturated carbocycles. The van der Waals surface area contributed by atoms with Crippen molar-refractivity contribution >= 4 is 6.47 Å².